The first-order valence-corrected chi connectivity index (χ1v) is 11.2. The number of fused-ring (bicyclic) bond motifs is 1. The van der Waals surface area contributed by atoms with Gasteiger partial charge in [0.05, 0.1) is 6.04 Å². The third kappa shape index (κ3) is 7.44. The zero-order valence-electron chi connectivity index (χ0n) is 17.9. The zero-order valence-corrected chi connectivity index (χ0v) is 17.9. The number of nitrogens with one attached hydrogen (secondary N) is 1. The second-order valence-corrected chi connectivity index (χ2v) is 8.78. The SMILES string of the molecule is CCCC(CCCCNC(=O)CCCC(=O)ON1C(=O)CCC2CC21)C(C)C. The lowest BCUT2D eigenvalue weighted by Crippen LogP contribution is -2.38. The number of piperidine rings is 1. The average Bonchev–Trinajstić information content (AvgIpc) is 3.43. The molecule has 1 saturated carbocycles. The highest BCUT2D eigenvalue weighted by atomic mass is 16.7. The van der Waals surface area contributed by atoms with Crippen molar-refractivity contribution in [3.05, 3.63) is 0 Å². The fourth-order valence-corrected chi connectivity index (χ4v) is 4.13. The highest BCUT2D eigenvalue weighted by Crippen LogP contribution is 2.43. The van der Waals surface area contributed by atoms with Crippen molar-refractivity contribution in [2.24, 2.45) is 17.8 Å². The Morgan fingerprint density at radius 3 is 2.68 bits per heavy atom. The van der Waals surface area contributed by atoms with Crippen LogP contribution in [0.15, 0.2) is 0 Å². The van der Waals surface area contributed by atoms with E-state index < -0.39 is 5.97 Å². The molecule has 3 atom stereocenters. The van der Waals surface area contributed by atoms with E-state index in [1.54, 1.807) is 0 Å². The zero-order chi connectivity index (χ0) is 20.5. The monoisotopic (exact) mass is 394 g/mol. The van der Waals surface area contributed by atoms with Crippen molar-refractivity contribution < 1.29 is 19.2 Å². The van der Waals surface area contributed by atoms with Crippen molar-refractivity contribution in [1.29, 1.82) is 0 Å². The largest absolute Gasteiger partial charge is 0.356 e. The van der Waals surface area contributed by atoms with Gasteiger partial charge in [0, 0.05) is 25.8 Å². The van der Waals surface area contributed by atoms with Crippen molar-refractivity contribution in [2.45, 2.75) is 97.4 Å². The van der Waals surface area contributed by atoms with Gasteiger partial charge >= 0.3 is 5.97 Å². The summed E-state index contributed by atoms with van der Waals surface area (Å²) < 4.78 is 0. The quantitative estimate of drug-likeness (QED) is 0.479. The predicted molar refractivity (Wildman–Crippen MR) is 108 cm³/mol. The molecule has 2 amide bonds. The molecule has 1 aliphatic heterocycles. The van der Waals surface area contributed by atoms with E-state index in [4.69, 9.17) is 4.84 Å². The first kappa shape index (κ1) is 22.7. The van der Waals surface area contributed by atoms with Gasteiger partial charge in [-0.15, -0.1) is 0 Å². The van der Waals surface area contributed by atoms with Crippen LogP contribution in [0.4, 0.5) is 0 Å². The van der Waals surface area contributed by atoms with Crippen molar-refractivity contribution in [2.75, 3.05) is 6.54 Å². The number of hydroxylamine groups is 2. The van der Waals surface area contributed by atoms with Crippen LogP contribution < -0.4 is 5.32 Å². The molecule has 2 aliphatic rings. The number of hydrogen-bond donors (Lipinski definition) is 1. The predicted octanol–water partition coefficient (Wildman–Crippen LogP) is 3.98. The lowest BCUT2D eigenvalue weighted by Gasteiger charge is -2.24. The molecule has 0 spiro atoms. The minimum absolute atomic E-state index is 0.0157. The minimum atomic E-state index is -0.413. The maximum atomic E-state index is 11.9. The second-order valence-electron chi connectivity index (χ2n) is 8.78. The number of hydrogen-bond acceptors (Lipinski definition) is 4. The van der Waals surface area contributed by atoms with Gasteiger partial charge in [0.15, 0.2) is 0 Å². The summed E-state index contributed by atoms with van der Waals surface area (Å²) in [6.45, 7) is 7.51. The second kappa shape index (κ2) is 11.4. The highest BCUT2D eigenvalue weighted by molar-refractivity contribution is 5.80. The minimum Gasteiger partial charge on any atom is -0.356 e. The molecule has 1 aliphatic carbocycles. The Balaban J connectivity index is 1.49. The van der Waals surface area contributed by atoms with Gasteiger partial charge in [0.1, 0.15) is 0 Å². The lowest BCUT2D eigenvalue weighted by atomic mass is 9.87. The highest BCUT2D eigenvalue weighted by Gasteiger charge is 2.49. The van der Waals surface area contributed by atoms with Gasteiger partial charge < -0.3 is 10.2 Å². The third-order valence-corrected chi connectivity index (χ3v) is 6.07. The summed E-state index contributed by atoms with van der Waals surface area (Å²) in [5, 5.41) is 4.22. The molecule has 0 aromatic carbocycles. The summed E-state index contributed by atoms with van der Waals surface area (Å²) >= 11 is 0. The third-order valence-electron chi connectivity index (χ3n) is 6.07. The van der Waals surface area contributed by atoms with Crippen LogP contribution in [-0.2, 0) is 19.2 Å². The molecule has 0 aromatic heterocycles. The lowest BCUT2D eigenvalue weighted by molar-refractivity contribution is -0.204. The smallest absolute Gasteiger partial charge is 0.332 e. The number of unbranched alkanes of at least 4 members (excludes halogenated alkanes) is 1. The van der Waals surface area contributed by atoms with E-state index in [9.17, 15) is 14.4 Å². The molecule has 1 saturated heterocycles. The normalized spacial score (nSPS) is 22.0. The van der Waals surface area contributed by atoms with Crippen LogP contribution in [0.2, 0.25) is 0 Å². The Morgan fingerprint density at radius 2 is 1.96 bits per heavy atom. The van der Waals surface area contributed by atoms with E-state index in [1.165, 1.54) is 24.3 Å². The molecular formula is C22H38N2O4. The Bertz CT molecular complexity index is 535. The molecule has 0 aromatic rings. The summed E-state index contributed by atoms with van der Waals surface area (Å²) in [5.74, 6) is 1.49. The van der Waals surface area contributed by atoms with Crippen LogP contribution in [-0.4, -0.2) is 35.4 Å². The molecule has 0 radical (unpaired) electrons. The summed E-state index contributed by atoms with van der Waals surface area (Å²) in [6.07, 6.45) is 9.14. The topological polar surface area (TPSA) is 75.7 Å². The molecule has 2 rings (SSSR count). The van der Waals surface area contributed by atoms with Crippen molar-refractivity contribution in [3.8, 4) is 0 Å². The standard InChI is InChI=1S/C22H38N2O4/c1-4-8-17(16(2)3)9-5-6-14-23-20(25)10-7-11-22(27)28-24-19-15-18(19)12-13-21(24)26/h16-19H,4-15H2,1-3H3,(H,23,25). The molecule has 6 heteroatoms. The van der Waals surface area contributed by atoms with E-state index in [0.717, 1.165) is 37.5 Å². The molecule has 1 heterocycles. The summed E-state index contributed by atoms with van der Waals surface area (Å²) in [7, 11) is 0. The van der Waals surface area contributed by atoms with Crippen LogP contribution in [0.25, 0.3) is 0 Å². The van der Waals surface area contributed by atoms with E-state index in [1.807, 2.05) is 0 Å². The van der Waals surface area contributed by atoms with Gasteiger partial charge in [-0.05, 0) is 43.4 Å². The molecule has 0 bridgehead atoms. The van der Waals surface area contributed by atoms with E-state index in [2.05, 4.69) is 26.1 Å². The summed E-state index contributed by atoms with van der Waals surface area (Å²) in [6, 6.07) is 0.0983. The average molecular weight is 395 g/mol. The molecule has 6 nitrogen and oxygen atoms in total. The molecule has 160 valence electrons. The maximum Gasteiger partial charge on any atom is 0.332 e. The van der Waals surface area contributed by atoms with Crippen molar-refractivity contribution >= 4 is 17.8 Å². The van der Waals surface area contributed by atoms with Gasteiger partial charge in [-0.3, -0.25) is 9.59 Å². The van der Waals surface area contributed by atoms with Crippen molar-refractivity contribution in [1.82, 2.24) is 10.4 Å². The first-order valence-electron chi connectivity index (χ1n) is 11.2. The van der Waals surface area contributed by atoms with Gasteiger partial charge in [-0.1, -0.05) is 46.5 Å². The van der Waals surface area contributed by atoms with Crippen molar-refractivity contribution in [3.63, 3.8) is 0 Å². The van der Waals surface area contributed by atoms with Crippen LogP contribution in [0.5, 0.6) is 0 Å². The van der Waals surface area contributed by atoms with E-state index >= 15 is 0 Å². The fraction of sp³-hybridized carbons (Fsp3) is 0.864. The number of rotatable bonds is 13. The Labute approximate surface area is 169 Å². The molecular weight excluding hydrogens is 356 g/mol. The summed E-state index contributed by atoms with van der Waals surface area (Å²) in [5.41, 5.74) is 0. The molecule has 1 N–H and O–H groups in total. The van der Waals surface area contributed by atoms with E-state index in [-0.39, 0.29) is 24.3 Å². The molecule has 2 fully saturated rings. The van der Waals surface area contributed by atoms with Crippen LogP contribution in [0.1, 0.15) is 91.4 Å². The fourth-order valence-electron chi connectivity index (χ4n) is 4.13. The van der Waals surface area contributed by atoms with Gasteiger partial charge in [-0.2, -0.15) is 5.06 Å². The van der Waals surface area contributed by atoms with Crippen LogP contribution in [0, 0.1) is 17.8 Å². The van der Waals surface area contributed by atoms with Gasteiger partial charge in [-0.25, -0.2) is 4.79 Å². The Hall–Kier alpha value is -1.59. The van der Waals surface area contributed by atoms with Crippen LogP contribution in [0.3, 0.4) is 0 Å². The van der Waals surface area contributed by atoms with E-state index in [0.29, 0.717) is 31.7 Å². The first-order chi connectivity index (χ1) is 13.4. The maximum absolute atomic E-state index is 11.9. The number of amides is 2. The summed E-state index contributed by atoms with van der Waals surface area (Å²) in [4.78, 5) is 40.9. The molecule has 28 heavy (non-hydrogen) atoms. The Kier molecular flexibility index (Phi) is 9.26. The van der Waals surface area contributed by atoms with Crippen LogP contribution >= 0.6 is 0 Å². The number of nitrogens with zero attached hydrogens (tertiary/aromatic N) is 1. The molecule has 3 unspecified atom stereocenters. The number of carbonyl (C=O) groups excluding carboxylic acids is 3. The number of carbonyl (C=O) groups is 3. The Morgan fingerprint density at radius 1 is 1.18 bits per heavy atom. The van der Waals surface area contributed by atoms with Gasteiger partial charge in [0.2, 0.25) is 5.91 Å². The van der Waals surface area contributed by atoms with Gasteiger partial charge in [0.25, 0.3) is 5.91 Å².